The molecule has 0 bridgehead atoms. The summed E-state index contributed by atoms with van der Waals surface area (Å²) >= 11 is 0. The predicted octanol–water partition coefficient (Wildman–Crippen LogP) is 2.52. The van der Waals surface area contributed by atoms with Crippen LogP contribution in [0.1, 0.15) is 42.5 Å². The Hall–Kier alpha value is -1.78. The minimum Gasteiger partial charge on any atom is -0.398 e. The molecule has 3 rings (SSSR count). The largest absolute Gasteiger partial charge is 0.398 e. The monoisotopic (exact) mass is 291 g/mol. The van der Waals surface area contributed by atoms with Gasteiger partial charge in [0.05, 0.1) is 11.3 Å². The zero-order valence-corrected chi connectivity index (χ0v) is 12.1. The smallest absolute Gasteiger partial charge is 0.250 e. The van der Waals surface area contributed by atoms with Crippen LogP contribution in [0, 0.1) is 17.7 Å². The number of amides is 1. The van der Waals surface area contributed by atoms with Gasteiger partial charge in [-0.1, -0.05) is 19.3 Å². The van der Waals surface area contributed by atoms with Gasteiger partial charge in [-0.2, -0.15) is 0 Å². The molecule has 2 aliphatic rings. The predicted molar refractivity (Wildman–Crippen MR) is 81.6 cm³/mol. The molecule has 2 unspecified atom stereocenters. The number of benzene rings is 1. The molecule has 1 aromatic rings. The topological polar surface area (TPSA) is 72.4 Å². The highest BCUT2D eigenvalue weighted by atomic mass is 19.1. The van der Waals surface area contributed by atoms with Gasteiger partial charge in [0, 0.05) is 18.8 Å². The lowest BCUT2D eigenvalue weighted by Gasteiger charge is -2.42. The first-order valence-electron chi connectivity index (χ1n) is 7.70. The van der Waals surface area contributed by atoms with Crippen LogP contribution in [0.2, 0.25) is 0 Å². The van der Waals surface area contributed by atoms with Crippen LogP contribution >= 0.6 is 0 Å². The van der Waals surface area contributed by atoms with Crippen molar-refractivity contribution in [1.29, 1.82) is 0 Å². The summed E-state index contributed by atoms with van der Waals surface area (Å²) in [6.07, 6.45) is 6.21. The van der Waals surface area contributed by atoms with Crippen molar-refractivity contribution in [2.24, 2.45) is 17.6 Å². The van der Waals surface area contributed by atoms with Crippen LogP contribution in [0.3, 0.4) is 0 Å². The number of fused-ring (bicyclic) bond motifs is 1. The van der Waals surface area contributed by atoms with Gasteiger partial charge in [0.15, 0.2) is 0 Å². The van der Waals surface area contributed by atoms with Crippen LogP contribution in [0.4, 0.5) is 15.8 Å². The fourth-order valence-electron chi connectivity index (χ4n) is 3.85. The molecule has 0 radical (unpaired) electrons. The summed E-state index contributed by atoms with van der Waals surface area (Å²) in [6, 6.07) is 2.72. The summed E-state index contributed by atoms with van der Waals surface area (Å²) in [7, 11) is 0. The number of halogens is 1. The molecule has 4 nitrogen and oxygen atoms in total. The maximum Gasteiger partial charge on any atom is 0.250 e. The molecule has 1 heterocycles. The number of anilines is 2. The van der Waals surface area contributed by atoms with E-state index in [0.717, 1.165) is 25.4 Å². The first kappa shape index (κ1) is 14.2. The van der Waals surface area contributed by atoms with E-state index in [1.165, 1.54) is 37.8 Å². The number of nitrogens with two attached hydrogens (primary N) is 2. The number of carbonyl (C=O) groups is 1. The van der Waals surface area contributed by atoms with Crippen LogP contribution in [0.5, 0.6) is 0 Å². The van der Waals surface area contributed by atoms with E-state index in [4.69, 9.17) is 11.5 Å². The first-order chi connectivity index (χ1) is 10.1. The maximum atomic E-state index is 14.2. The third-order valence-corrected chi connectivity index (χ3v) is 5.02. The van der Waals surface area contributed by atoms with Crippen molar-refractivity contribution < 1.29 is 9.18 Å². The Labute approximate surface area is 124 Å². The molecule has 1 aliphatic heterocycles. The number of carbonyl (C=O) groups excluding carboxylic acids is 1. The zero-order valence-electron chi connectivity index (χ0n) is 12.1. The molecule has 2 fully saturated rings. The van der Waals surface area contributed by atoms with E-state index in [1.54, 1.807) is 0 Å². The Morgan fingerprint density at radius 2 is 1.90 bits per heavy atom. The molecule has 1 saturated carbocycles. The summed E-state index contributed by atoms with van der Waals surface area (Å²) < 4.78 is 14.2. The average molecular weight is 291 g/mol. The van der Waals surface area contributed by atoms with Crippen molar-refractivity contribution in [3.8, 4) is 0 Å². The Bertz CT molecular complexity index is 561. The number of hydrogen-bond donors (Lipinski definition) is 2. The number of piperidine rings is 1. The molecular weight excluding hydrogens is 269 g/mol. The van der Waals surface area contributed by atoms with Gasteiger partial charge in [0.25, 0.3) is 5.91 Å². The fraction of sp³-hybridized carbons (Fsp3) is 0.562. The van der Waals surface area contributed by atoms with Gasteiger partial charge in [-0.15, -0.1) is 0 Å². The molecule has 5 heteroatoms. The second-order valence-corrected chi connectivity index (χ2v) is 6.29. The van der Waals surface area contributed by atoms with Crippen LogP contribution in [-0.4, -0.2) is 19.0 Å². The molecule has 114 valence electrons. The molecule has 4 N–H and O–H groups in total. The van der Waals surface area contributed by atoms with Crippen molar-refractivity contribution in [3.05, 3.63) is 23.5 Å². The lowest BCUT2D eigenvalue weighted by Crippen LogP contribution is -2.42. The van der Waals surface area contributed by atoms with Crippen molar-refractivity contribution in [3.63, 3.8) is 0 Å². The van der Waals surface area contributed by atoms with Gasteiger partial charge in [0.2, 0.25) is 0 Å². The van der Waals surface area contributed by atoms with Crippen molar-refractivity contribution in [1.82, 2.24) is 0 Å². The molecular formula is C16H22FN3O. The third kappa shape index (κ3) is 2.69. The van der Waals surface area contributed by atoms with E-state index in [2.05, 4.69) is 0 Å². The van der Waals surface area contributed by atoms with Gasteiger partial charge in [0.1, 0.15) is 5.82 Å². The van der Waals surface area contributed by atoms with Crippen molar-refractivity contribution >= 4 is 17.3 Å². The van der Waals surface area contributed by atoms with Crippen molar-refractivity contribution in [2.75, 3.05) is 23.7 Å². The standard InChI is InChI=1S/C16H22FN3O/c17-13-8-14(18)12(16(19)21)7-15(13)20-6-5-10-3-1-2-4-11(10)9-20/h7-8,10-11H,1-6,9,18H2,(H2,19,21). The Balaban J connectivity index is 1.86. The molecule has 2 atom stereocenters. The minimum atomic E-state index is -0.610. The highest BCUT2D eigenvalue weighted by molar-refractivity contribution is 5.99. The number of nitrogens with zero attached hydrogens (tertiary/aromatic N) is 1. The molecule has 1 saturated heterocycles. The quantitative estimate of drug-likeness (QED) is 0.822. The molecule has 0 spiro atoms. The SMILES string of the molecule is NC(=O)c1cc(N2CCC3CCCCC3C2)c(F)cc1N. The van der Waals surface area contributed by atoms with Crippen LogP contribution < -0.4 is 16.4 Å². The van der Waals surface area contributed by atoms with Crippen LogP contribution in [-0.2, 0) is 0 Å². The van der Waals surface area contributed by atoms with E-state index >= 15 is 0 Å². The zero-order chi connectivity index (χ0) is 15.0. The number of hydrogen-bond acceptors (Lipinski definition) is 3. The summed E-state index contributed by atoms with van der Waals surface area (Å²) in [6.45, 7) is 1.70. The summed E-state index contributed by atoms with van der Waals surface area (Å²) in [5.41, 5.74) is 11.8. The summed E-state index contributed by atoms with van der Waals surface area (Å²) in [5, 5.41) is 0. The van der Waals surface area contributed by atoms with Crippen LogP contribution in [0.25, 0.3) is 0 Å². The normalized spacial score (nSPS) is 25.5. The summed E-state index contributed by atoms with van der Waals surface area (Å²) in [4.78, 5) is 13.4. The Morgan fingerprint density at radius 3 is 2.62 bits per heavy atom. The minimum absolute atomic E-state index is 0.108. The van der Waals surface area contributed by atoms with Crippen molar-refractivity contribution in [2.45, 2.75) is 32.1 Å². The average Bonchev–Trinajstić information content (AvgIpc) is 2.46. The lowest BCUT2D eigenvalue weighted by atomic mass is 9.75. The molecule has 1 aromatic carbocycles. The second-order valence-electron chi connectivity index (χ2n) is 6.29. The highest BCUT2D eigenvalue weighted by Gasteiger charge is 2.32. The van der Waals surface area contributed by atoms with Gasteiger partial charge >= 0.3 is 0 Å². The highest BCUT2D eigenvalue weighted by Crippen LogP contribution is 2.38. The summed E-state index contributed by atoms with van der Waals surface area (Å²) in [5.74, 6) is 0.442. The third-order valence-electron chi connectivity index (χ3n) is 5.02. The molecule has 21 heavy (non-hydrogen) atoms. The fourth-order valence-corrected chi connectivity index (χ4v) is 3.85. The van der Waals surface area contributed by atoms with Crippen LogP contribution in [0.15, 0.2) is 12.1 Å². The molecule has 0 aromatic heterocycles. The van der Waals surface area contributed by atoms with Gasteiger partial charge < -0.3 is 16.4 Å². The van der Waals surface area contributed by atoms with Gasteiger partial charge in [-0.25, -0.2) is 4.39 Å². The van der Waals surface area contributed by atoms with E-state index in [9.17, 15) is 9.18 Å². The van der Waals surface area contributed by atoms with E-state index in [0.29, 0.717) is 11.6 Å². The lowest BCUT2D eigenvalue weighted by molar-refractivity contribution is 0.100. The second kappa shape index (κ2) is 5.54. The van der Waals surface area contributed by atoms with Gasteiger partial charge in [-0.3, -0.25) is 4.79 Å². The number of primary amides is 1. The van der Waals surface area contributed by atoms with E-state index < -0.39 is 5.91 Å². The van der Waals surface area contributed by atoms with E-state index in [-0.39, 0.29) is 17.1 Å². The number of rotatable bonds is 2. The molecule has 1 aliphatic carbocycles. The first-order valence-corrected chi connectivity index (χ1v) is 7.70. The van der Waals surface area contributed by atoms with Gasteiger partial charge in [-0.05, 0) is 36.8 Å². The number of nitrogen functional groups attached to an aromatic ring is 1. The molecule has 1 amide bonds. The maximum absolute atomic E-state index is 14.2. The Morgan fingerprint density at radius 1 is 1.19 bits per heavy atom. The van der Waals surface area contributed by atoms with E-state index in [1.807, 2.05) is 4.90 Å². The Kier molecular flexibility index (Phi) is 3.74.